The number of aromatic nitrogens is 5. The molecule has 1 saturated carbocycles. The molecule has 1 aliphatic rings. The number of halogens is 5. The summed E-state index contributed by atoms with van der Waals surface area (Å²) in [6.45, 7) is 3.94. The number of fused-ring (bicyclic) bond motifs is 3. The molecule has 4 aromatic rings. The van der Waals surface area contributed by atoms with Gasteiger partial charge in [-0.15, -0.1) is 10.2 Å². The van der Waals surface area contributed by atoms with E-state index in [0.717, 1.165) is 25.3 Å². The van der Waals surface area contributed by atoms with E-state index >= 15 is 0 Å². The first-order valence-electron chi connectivity index (χ1n) is 8.90. The maximum atomic E-state index is 14.2. The third-order valence-corrected chi connectivity index (χ3v) is 5.07. The van der Waals surface area contributed by atoms with Crippen molar-refractivity contribution in [3.05, 3.63) is 48.6 Å². The molecule has 0 spiro atoms. The summed E-state index contributed by atoms with van der Waals surface area (Å²) in [6, 6.07) is 3.98. The first-order chi connectivity index (χ1) is 14.2. The number of pyridine rings is 2. The highest BCUT2D eigenvalue weighted by atomic mass is 19.4. The molecule has 1 aliphatic carbocycles. The third kappa shape index (κ3) is 2.76. The van der Waals surface area contributed by atoms with Crippen molar-refractivity contribution >= 4 is 22.3 Å². The van der Waals surface area contributed by atoms with E-state index in [0.29, 0.717) is 11.0 Å². The number of allylic oxidation sites excluding steroid dienone is 1. The zero-order chi connectivity index (χ0) is 21.3. The zero-order valence-corrected chi connectivity index (χ0v) is 15.1. The first kappa shape index (κ1) is 18.6. The molecular weight excluding hydrogens is 409 g/mol. The lowest BCUT2D eigenvalue weighted by Crippen LogP contribution is -2.34. The molecular formula is C19H12F5N5O. The molecule has 5 rings (SSSR count). The van der Waals surface area contributed by atoms with Gasteiger partial charge in [0.25, 0.3) is 5.89 Å². The number of hydrogen-bond acceptors (Lipinski definition) is 5. The summed E-state index contributed by atoms with van der Waals surface area (Å²) in [5.41, 5.74) is -0.241. The van der Waals surface area contributed by atoms with E-state index in [2.05, 4.69) is 26.7 Å². The fourth-order valence-corrected chi connectivity index (χ4v) is 3.34. The van der Waals surface area contributed by atoms with E-state index < -0.39 is 17.8 Å². The fraction of sp³-hybridized carbons (Fsp3) is 0.263. The van der Waals surface area contributed by atoms with Crippen LogP contribution < -0.4 is 0 Å². The van der Waals surface area contributed by atoms with E-state index in [1.54, 1.807) is 12.1 Å². The van der Waals surface area contributed by atoms with Gasteiger partial charge in [-0.1, -0.05) is 6.58 Å². The number of nitrogens with zero attached hydrogens (tertiary/aromatic N) is 5. The highest BCUT2D eigenvalue weighted by Gasteiger charge is 2.60. The molecule has 0 N–H and O–H groups in total. The summed E-state index contributed by atoms with van der Waals surface area (Å²) in [4.78, 5) is 7.97. The van der Waals surface area contributed by atoms with Crippen LogP contribution in [0.1, 0.15) is 24.1 Å². The van der Waals surface area contributed by atoms with Crippen LogP contribution in [0.15, 0.2) is 41.8 Å². The third-order valence-electron chi connectivity index (χ3n) is 5.07. The predicted molar refractivity (Wildman–Crippen MR) is 95.5 cm³/mol. The van der Waals surface area contributed by atoms with E-state index in [1.807, 2.05) is 0 Å². The molecule has 4 aromatic heterocycles. The molecule has 0 unspecified atom stereocenters. The van der Waals surface area contributed by atoms with Crippen molar-refractivity contribution in [3.63, 3.8) is 0 Å². The molecule has 154 valence electrons. The van der Waals surface area contributed by atoms with Crippen molar-refractivity contribution in [3.8, 4) is 11.6 Å². The van der Waals surface area contributed by atoms with Gasteiger partial charge < -0.3 is 4.42 Å². The van der Waals surface area contributed by atoms with Gasteiger partial charge in [0.05, 0.1) is 0 Å². The van der Waals surface area contributed by atoms with Gasteiger partial charge in [-0.05, 0) is 48.1 Å². The maximum absolute atomic E-state index is 14.2. The molecule has 0 amide bonds. The number of imidazole rings is 1. The molecule has 1 fully saturated rings. The Kier molecular flexibility index (Phi) is 3.77. The van der Waals surface area contributed by atoms with Gasteiger partial charge in [0.1, 0.15) is 22.7 Å². The Morgan fingerprint density at radius 3 is 2.53 bits per heavy atom. The molecule has 0 atom stereocenters. The van der Waals surface area contributed by atoms with Gasteiger partial charge in [-0.3, -0.25) is 4.40 Å². The van der Waals surface area contributed by atoms with Crippen molar-refractivity contribution in [1.29, 1.82) is 0 Å². The summed E-state index contributed by atoms with van der Waals surface area (Å²) < 4.78 is 74.0. The predicted octanol–water partition coefficient (Wildman–Crippen LogP) is 5.01. The second-order valence-electron chi connectivity index (χ2n) is 7.10. The largest absolute Gasteiger partial charge is 0.459 e. The molecule has 6 nitrogen and oxygen atoms in total. The van der Waals surface area contributed by atoms with Crippen LogP contribution in [0.25, 0.3) is 33.8 Å². The van der Waals surface area contributed by atoms with Gasteiger partial charge in [-0.25, -0.2) is 9.97 Å². The van der Waals surface area contributed by atoms with Crippen LogP contribution in [0.2, 0.25) is 0 Å². The molecule has 0 aromatic carbocycles. The lowest BCUT2D eigenvalue weighted by Gasteiger charge is -2.21. The Hall–Kier alpha value is -3.37. The monoisotopic (exact) mass is 421 g/mol. The van der Waals surface area contributed by atoms with Crippen LogP contribution in [0, 0.1) is 5.92 Å². The van der Waals surface area contributed by atoms with Crippen LogP contribution in [0.4, 0.5) is 22.0 Å². The lowest BCUT2D eigenvalue weighted by molar-refractivity contribution is -0.290. The molecule has 4 heterocycles. The average Bonchev–Trinajstić information content (AvgIpc) is 3.22. The second-order valence-corrected chi connectivity index (χ2v) is 7.10. The van der Waals surface area contributed by atoms with Crippen molar-refractivity contribution in [2.45, 2.75) is 24.9 Å². The Bertz CT molecular complexity index is 1290. The second kappa shape index (κ2) is 6.07. The van der Waals surface area contributed by atoms with E-state index in [1.165, 1.54) is 10.6 Å². The number of hydrogen-bond donors (Lipinski definition) is 0. The van der Waals surface area contributed by atoms with Crippen LogP contribution in [0.3, 0.4) is 0 Å². The minimum Gasteiger partial charge on any atom is -0.422 e. The molecule has 0 aliphatic heterocycles. The maximum Gasteiger partial charge on any atom is 0.459 e. The Balaban J connectivity index is 1.81. The minimum atomic E-state index is -5.79. The molecule has 0 radical (unpaired) electrons. The first-order valence-corrected chi connectivity index (χ1v) is 8.90. The van der Waals surface area contributed by atoms with Crippen LogP contribution in [-0.2, 0) is 5.92 Å². The minimum absolute atomic E-state index is 0.0513. The summed E-state index contributed by atoms with van der Waals surface area (Å²) in [7, 11) is 0. The Labute approximate surface area is 165 Å². The highest BCUT2D eigenvalue weighted by molar-refractivity contribution is 5.92. The smallest absolute Gasteiger partial charge is 0.422 e. The van der Waals surface area contributed by atoms with Crippen molar-refractivity contribution in [2.24, 2.45) is 5.92 Å². The van der Waals surface area contributed by atoms with Crippen LogP contribution in [-0.4, -0.2) is 30.7 Å². The van der Waals surface area contributed by atoms with Crippen LogP contribution in [0.5, 0.6) is 0 Å². The lowest BCUT2D eigenvalue weighted by atomic mass is 9.98. The average molecular weight is 421 g/mol. The highest BCUT2D eigenvalue weighted by Crippen LogP contribution is 2.47. The van der Waals surface area contributed by atoms with Crippen LogP contribution >= 0.6 is 0 Å². The van der Waals surface area contributed by atoms with Gasteiger partial charge in [-0.2, -0.15) is 22.0 Å². The van der Waals surface area contributed by atoms with Crippen molar-refractivity contribution in [1.82, 2.24) is 24.6 Å². The van der Waals surface area contributed by atoms with E-state index in [9.17, 15) is 22.0 Å². The van der Waals surface area contributed by atoms with Crippen molar-refractivity contribution < 1.29 is 26.4 Å². The molecule has 0 saturated heterocycles. The topological polar surface area (TPSA) is 69.1 Å². The normalized spacial score (nSPS) is 15.2. The molecule has 11 heteroatoms. The summed E-state index contributed by atoms with van der Waals surface area (Å²) in [5, 5.41) is 7.68. The van der Waals surface area contributed by atoms with E-state index in [4.69, 9.17) is 4.42 Å². The molecule has 30 heavy (non-hydrogen) atoms. The summed E-state index contributed by atoms with van der Waals surface area (Å²) in [6.07, 6.45) is -1.68. The number of rotatable bonds is 4. The van der Waals surface area contributed by atoms with Gasteiger partial charge in [0.2, 0.25) is 6.39 Å². The quantitative estimate of drug-likeness (QED) is 0.434. The molecule has 0 bridgehead atoms. The zero-order valence-electron chi connectivity index (χ0n) is 15.1. The van der Waals surface area contributed by atoms with Crippen molar-refractivity contribution in [2.75, 3.05) is 0 Å². The van der Waals surface area contributed by atoms with Gasteiger partial charge in [0, 0.05) is 11.6 Å². The number of alkyl halides is 5. The Morgan fingerprint density at radius 2 is 1.90 bits per heavy atom. The standard InChI is InChI=1S/C19H12F5N5O/c1-9(10-2-3-10)12-6-14(18(20,21)19(22,23)24)27-16-11(12)4-5-15-26-13(7-29(15)16)17-28-25-8-30-17/h4-8,10H,1-3H2. The SMILES string of the molecule is C=C(c1cc(C(F)(F)C(F)(F)F)nc2c1ccc1nc(-c3nnco3)cn12)C1CC1. The van der Waals surface area contributed by atoms with E-state index in [-0.39, 0.29) is 34.4 Å². The Morgan fingerprint density at radius 1 is 1.13 bits per heavy atom. The fourth-order valence-electron chi connectivity index (χ4n) is 3.34. The summed E-state index contributed by atoms with van der Waals surface area (Å²) >= 11 is 0. The van der Waals surface area contributed by atoms with Gasteiger partial charge >= 0.3 is 12.1 Å². The summed E-state index contributed by atoms with van der Waals surface area (Å²) in [5.74, 6) is -5.00. The van der Waals surface area contributed by atoms with Gasteiger partial charge in [0.15, 0.2) is 0 Å².